The van der Waals surface area contributed by atoms with Gasteiger partial charge in [0.2, 0.25) is 6.17 Å². The van der Waals surface area contributed by atoms with Crippen LogP contribution < -0.4 is 0 Å². The molecule has 0 amide bonds. The molecule has 0 aliphatic heterocycles. The quantitative estimate of drug-likeness (QED) is 0.509. The second kappa shape index (κ2) is 6.64. The molecule has 0 rings (SSSR count). The van der Waals surface area contributed by atoms with Crippen LogP contribution in [-0.4, -0.2) is 24.4 Å². The Morgan fingerprint density at radius 3 is 1.33 bits per heavy atom. The molecule has 0 N–H and O–H groups in total. The van der Waals surface area contributed by atoms with Crippen molar-refractivity contribution in [3.8, 4) is 0 Å². The number of hydrogen-bond donors (Lipinski definition) is 0. The average Bonchev–Trinajstić information content (AvgIpc) is 2.16. The zero-order valence-corrected chi connectivity index (χ0v) is 8.30. The lowest BCUT2D eigenvalue weighted by atomic mass is 10.3. The van der Waals surface area contributed by atoms with Crippen LogP contribution in [0.3, 0.4) is 0 Å². The second-order valence-electron chi connectivity index (χ2n) is 2.59. The number of halogens is 10. The van der Waals surface area contributed by atoms with Gasteiger partial charge in [-0.05, 0) is 12.2 Å². The molecule has 0 nitrogen and oxygen atoms in total. The van der Waals surface area contributed by atoms with Crippen LogP contribution in [0.5, 0.6) is 0 Å². The zero-order chi connectivity index (χ0) is 15.2. The van der Waals surface area contributed by atoms with Crippen molar-refractivity contribution in [1.29, 1.82) is 0 Å². The summed E-state index contributed by atoms with van der Waals surface area (Å²) in [4.78, 5) is 0. The third kappa shape index (κ3) is 7.17. The van der Waals surface area contributed by atoms with E-state index in [-0.39, 0.29) is 6.08 Å². The molecule has 1 atom stereocenters. The van der Waals surface area contributed by atoms with Crippen LogP contribution in [0.4, 0.5) is 43.9 Å². The Morgan fingerprint density at radius 2 is 1.28 bits per heavy atom. The van der Waals surface area contributed by atoms with Crippen LogP contribution in [0.25, 0.3) is 0 Å². The topological polar surface area (TPSA) is 0 Å². The summed E-state index contributed by atoms with van der Waals surface area (Å²) in [5, 5.41) is 0. The van der Waals surface area contributed by atoms with E-state index in [1.165, 1.54) is 0 Å². The summed E-state index contributed by atoms with van der Waals surface area (Å²) in [6, 6.07) is 0. The molecule has 0 radical (unpaired) electrons. The van der Waals surface area contributed by atoms with Gasteiger partial charge >= 0.3 is 18.3 Å². The Kier molecular flexibility index (Phi) is 7.06. The number of hydrogen-bond acceptors (Lipinski definition) is 0. The summed E-state index contributed by atoms with van der Waals surface area (Å²) in [6.45, 7) is 2.33. The monoisotopic (exact) mass is 292 g/mol. The standard InChI is InChI=1S/2C4H3F5/c1-2-3(5,6)4(7,8)9;5-2-1-3(6)4(7,8)9/h2H,1H2;1-3H. The largest absolute Gasteiger partial charge is 0.457 e. The van der Waals surface area contributed by atoms with Gasteiger partial charge in [-0.2, -0.15) is 35.1 Å². The maximum absolute atomic E-state index is 11.5. The molecule has 0 saturated carbocycles. The molecule has 108 valence electrons. The molecule has 0 saturated heterocycles. The van der Waals surface area contributed by atoms with Gasteiger partial charge in [0.15, 0.2) is 0 Å². The number of alkyl halides is 9. The minimum absolute atomic E-state index is 0.208. The fraction of sp³-hybridized carbons (Fsp3) is 0.500. The SMILES string of the molecule is C=CC(F)(F)C(F)(F)F.FC=CC(F)C(F)(F)F. The van der Waals surface area contributed by atoms with E-state index < -0.39 is 36.9 Å². The highest BCUT2D eigenvalue weighted by atomic mass is 19.4. The van der Waals surface area contributed by atoms with Crippen LogP contribution in [0.1, 0.15) is 0 Å². The smallest absolute Gasteiger partial charge is 0.233 e. The Balaban J connectivity index is 0. The first-order valence-electron chi connectivity index (χ1n) is 3.85. The summed E-state index contributed by atoms with van der Waals surface area (Å²) in [5.74, 6) is -4.76. The third-order valence-corrected chi connectivity index (χ3v) is 1.19. The first-order chi connectivity index (χ1) is 7.79. The van der Waals surface area contributed by atoms with Crippen LogP contribution in [-0.2, 0) is 0 Å². The third-order valence-electron chi connectivity index (χ3n) is 1.19. The molecule has 0 heterocycles. The first kappa shape index (κ1) is 19.1. The molecule has 0 bridgehead atoms. The van der Waals surface area contributed by atoms with Crippen LogP contribution in [0.2, 0.25) is 0 Å². The van der Waals surface area contributed by atoms with Crippen LogP contribution in [0.15, 0.2) is 25.1 Å². The summed E-state index contributed by atoms with van der Waals surface area (Å²) >= 11 is 0. The van der Waals surface area contributed by atoms with Crippen molar-refractivity contribution < 1.29 is 43.9 Å². The van der Waals surface area contributed by atoms with Crippen molar-refractivity contribution in [2.24, 2.45) is 0 Å². The van der Waals surface area contributed by atoms with Gasteiger partial charge in [0, 0.05) is 0 Å². The predicted molar refractivity (Wildman–Crippen MR) is 42.4 cm³/mol. The highest BCUT2D eigenvalue weighted by Crippen LogP contribution is 2.35. The van der Waals surface area contributed by atoms with Crippen molar-refractivity contribution in [3.05, 3.63) is 25.1 Å². The van der Waals surface area contributed by atoms with Gasteiger partial charge < -0.3 is 0 Å². The normalized spacial score (nSPS) is 15.0. The minimum atomic E-state index is -5.51. The van der Waals surface area contributed by atoms with Gasteiger partial charge in [-0.25, -0.2) is 8.78 Å². The van der Waals surface area contributed by atoms with E-state index in [1.807, 2.05) is 0 Å². The van der Waals surface area contributed by atoms with Crippen molar-refractivity contribution in [3.63, 3.8) is 0 Å². The Labute approximate surface area is 94.6 Å². The van der Waals surface area contributed by atoms with Gasteiger partial charge in [0.05, 0.1) is 6.33 Å². The van der Waals surface area contributed by atoms with Crippen molar-refractivity contribution >= 4 is 0 Å². The van der Waals surface area contributed by atoms with E-state index in [4.69, 9.17) is 0 Å². The van der Waals surface area contributed by atoms with E-state index >= 15 is 0 Å². The van der Waals surface area contributed by atoms with Gasteiger partial charge in [0.25, 0.3) is 0 Å². The molecule has 0 aliphatic carbocycles. The molecule has 18 heavy (non-hydrogen) atoms. The summed E-state index contributed by atoms with van der Waals surface area (Å²) in [6.07, 6.45) is -14.8. The van der Waals surface area contributed by atoms with E-state index in [2.05, 4.69) is 6.58 Å². The molecule has 0 aliphatic rings. The fourth-order valence-corrected chi connectivity index (χ4v) is 0.289. The molecule has 0 spiro atoms. The van der Waals surface area contributed by atoms with Gasteiger partial charge in [-0.3, -0.25) is 0 Å². The molecular formula is C8H6F10. The van der Waals surface area contributed by atoms with Gasteiger partial charge in [0.1, 0.15) is 0 Å². The molecule has 0 aromatic heterocycles. The molecular weight excluding hydrogens is 286 g/mol. The second-order valence-corrected chi connectivity index (χ2v) is 2.59. The van der Waals surface area contributed by atoms with Gasteiger partial charge in [-0.15, -0.1) is 0 Å². The lowest BCUT2D eigenvalue weighted by Gasteiger charge is -2.13. The average molecular weight is 292 g/mol. The Hall–Kier alpha value is -1.22. The predicted octanol–water partition coefficient (Wildman–Crippen LogP) is 4.74. The van der Waals surface area contributed by atoms with Crippen LogP contribution in [0, 0.1) is 0 Å². The van der Waals surface area contributed by atoms with Crippen LogP contribution >= 0.6 is 0 Å². The van der Waals surface area contributed by atoms with Gasteiger partial charge in [-0.1, -0.05) is 6.58 Å². The molecule has 0 aromatic carbocycles. The summed E-state index contributed by atoms with van der Waals surface area (Å²) in [5.41, 5.74) is 0. The summed E-state index contributed by atoms with van der Waals surface area (Å²) < 4.78 is 111. The number of allylic oxidation sites excluding steroid dienone is 2. The van der Waals surface area contributed by atoms with E-state index in [0.29, 0.717) is 0 Å². The minimum Gasteiger partial charge on any atom is -0.233 e. The summed E-state index contributed by atoms with van der Waals surface area (Å²) in [7, 11) is 0. The highest BCUT2D eigenvalue weighted by Gasteiger charge is 2.54. The van der Waals surface area contributed by atoms with Crippen molar-refractivity contribution in [1.82, 2.24) is 0 Å². The maximum Gasteiger partial charge on any atom is 0.457 e. The van der Waals surface area contributed by atoms with E-state index in [0.717, 1.165) is 0 Å². The molecule has 0 fully saturated rings. The zero-order valence-electron chi connectivity index (χ0n) is 8.30. The van der Waals surface area contributed by atoms with E-state index in [1.54, 1.807) is 0 Å². The maximum atomic E-state index is 11.5. The molecule has 1 unspecified atom stereocenters. The molecule has 10 heteroatoms. The lowest BCUT2D eigenvalue weighted by molar-refractivity contribution is -0.259. The fourth-order valence-electron chi connectivity index (χ4n) is 0.289. The Morgan fingerprint density at radius 1 is 0.889 bits per heavy atom. The Bertz CT molecular complexity index is 271. The first-order valence-corrected chi connectivity index (χ1v) is 3.85. The number of rotatable bonds is 2. The van der Waals surface area contributed by atoms with E-state index in [9.17, 15) is 43.9 Å². The highest BCUT2D eigenvalue weighted by molar-refractivity contribution is 4.92. The van der Waals surface area contributed by atoms with Crippen molar-refractivity contribution in [2.75, 3.05) is 0 Å². The lowest BCUT2D eigenvalue weighted by Crippen LogP contribution is -2.33. The molecule has 0 aromatic rings. The van der Waals surface area contributed by atoms with Crippen molar-refractivity contribution in [2.45, 2.75) is 24.4 Å².